The van der Waals surface area contributed by atoms with Crippen LogP contribution >= 0.6 is 0 Å². The van der Waals surface area contributed by atoms with E-state index in [2.05, 4.69) is 10.3 Å². The minimum Gasteiger partial charge on any atom is -0.508 e. The predicted octanol–water partition coefficient (Wildman–Crippen LogP) is 7.77. The first kappa shape index (κ1) is 76.0. The number of amides is 1. The maximum absolute atomic E-state index is 14.8. The smallest absolute Gasteiger partial charge is 0.220 e. The highest BCUT2D eigenvalue weighted by Gasteiger charge is 2.35. The van der Waals surface area contributed by atoms with Gasteiger partial charge in [-0.1, -0.05) is 106 Å². The Labute approximate surface area is 525 Å². The Morgan fingerprint density at radius 3 is 1.42 bits per heavy atom. The van der Waals surface area contributed by atoms with Crippen LogP contribution in [0.1, 0.15) is 179 Å². The van der Waals surface area contributed by atoms with E-state index in [1.165, 1.54) is 19.1 Å². The van der Waals surface area contributed by atoms with Crippen molar-refractivity contribution in [2.75, 3.05) is 19.7 Å². The highest BCUT2D eigenvalue weighted by Crippen LogP contribution is 2.28. The first-order valence-corrected chi connectivity index (χ1v) is 31.9. The summed E-state index contributed by atoms with van der Waals surface area (Å²) in [4.78, 5) is 154. The first-order valence-electron chi connectivity index (χ1n) is 31.9. The molecule has 89 heavy (non-hydrogen) atoms. The summed E-state index contributed by atoms with van der Waals surface area (Å²) in [5, 5.41) is 33.8. The number of nitrogens with zero attached hydrogens (tertiary/aromatic N) is 1. The molecule has 0 aliphatic carbocycles. The summed E-state index contributed by atoms with van der Waals surface area (Å²) >= 11 is 0. The average Bonchev–Trinajstić information content (AvgIpc) is 3.53. The highest BCUT2D eigenvalue weighted by atomic mass is 16.3. The van der Waals surface area contributed by atoms with E-state index in [1.54, 1.807) is 43.3 Å². The summed E-state index contributed by atoms with van der Waals surface area (Å²) in [7, 11) is 0. The molecular weight excluding hydrogens is 1130 g/mol. The summed E-state index contributed by atoms with van der Waals surface area (Å²) in [5.41, 5.74) is 18.7. The number of aliphatic imine (C=N–C) groups is 1. The zero-order valence-corrected chi connectivity index (χ0v) is 52.9. The van der Waals surface area contributed by atoms with Crippen LogP contribution < -0.4 is 22.5 Å². The molecule has 19 heteroatoms. The molecule has 0 aromatic heterocycles. The molecule has 0 bridgehead atoms. The molecule has 0 fully saturated rings. The Hall–Kier alpha value is -7.22. The molecular formula is C70H99N5O14. The van der Waals surface area contributed by atoms with Crippen molar-refractivity contribution in [2.45, 2.75) is 194 Å². The van der Waals surface area contributed by atoms with Crippen LogP contribution in [0.15, 0.2) is 89.9 Å². The van der Waals surface area contributed by atoms with Gasteiger partial charge in [-0.25, -0.2) is 0 Å². The fourth-order valence-electron chi connectivity index (χ4n) is 11.1. The fourth-order valence-corrected chi connectivity index (χ4v) is 11.1. The van der Waals surface area contributed by atoms with Crippen molar-refractivity contribution in [3.63, 3.8) is 0 Å². The lowest BCUT2D eigenvalue weighted by Crippen LogP contribution is -2.48. The van der Waals surface area contributed by atoms with E-state index in [9.17, 15) is 68.1 Å². The van der Waals surface area contributed by atoms with Crippen LogP contribution in [0.4, 0.5) is 0 Å². The van der Waals surface area contributed by atoms with Crippen molar-refractivity contribution in [2.24, 2.45) is 63.6 Å². The number of aromatic hydroxyl groups is 1. The third kappa shape index (κ3) is 30.7. The second-order valence-corrected chi connectivity index (χ2v) is 24.4. The number of rotatable bonds is 50. The van der Waals surface area contributed by atoms with Crippen LogP contribution in [0.5, 0.6) is 5.75 Å². The van der Waals surface area contributed by atoms with Gasteiger partial charge in [0.05, 0.1) is 12.7 Å². The van der Waals surface area contributed by atoms with Gasteiger partial charge in [-0.05, 0) is 99.6 Å². The maximum Gasteiger partial charge on any atom is 0.220 e. The second kappa shape index (κ2) is 41.9. The number of nitrogens with one attached hydrogen (secondary N) is 1. The van der Waals surface area contributed by atoms with Gasteiger partial charge in [0.15, 0.2) is 11.7 Å². The molecule has 3 aromatic rings. The topological polar surface area (TPSA) is 351 Å². The number of ketones is 10. The van der Waals surface area contributed by atoms with Gasteiger partial charge in [0, 0.05) is 132 Å². The molecule has 0 spiro atoms. The largest absolute Gasteiger partial charge is 0.508 e. The summed E-state index contributed by atoms with van der Waals surface area (Å²) in [5.74, 6) is -9.53. The monoisotopic (exact) mass is 1230 g/mol. The van der Waals surface area contributed by atoms with Crippen LogP contribution in [-0.2, 0) is 72.0 Å². The Morgan fingerprint density at radius 1 is 0.472 bits per heavy atom. The third-order valence-electron chi connectivity index (χ3n) is 16.4. The van der Waals surface area contributed by atoms with Crippen LogP contribution in [0, 0.1) is 41.4 Å². The second-order valence-electron chi connectivity index (χ2n) is 24.4. The fraction of sp³-hybridized carbons (Fsp3) is 0.571. The lowest BCUT2D eigenvalue weighted by molar-refractivity contribution is -0.135. The van der Waals surface area contributed by atoms with Crippen molar-refractivity contribution in [1.82, 2.24) is 5.32 Å². The number of benzene rings is 3. The lowest BCUT2D eigenvalue weighted by Gasteiger charge is -2.25. The number of carbonyl (C=O) groups excluding carboxylic acids is 11. The van der Waals surface area contributed by atoms with Gasteiger partial charge in [0.25, 0.3) is 0 Å². The van der Waals surface area contributed by atoms with E-state index in [0.29, 0.717) is 50.1 Å². The summed E-state index contributed by atoms with van der Waals surface area (Å²) in [6.45, 7) is 7.13. The Balaban J connectivity index is 1.76. The van der Waals surface area contributed by atoms with E-state index < -0.39 is 107 Å². The van der Waals surface area contributed by atoms with E-state index in [0.717, 1.165) is 17.5 Å². The number of unbranched alkanes of at least 4 members (excludes halogenated alkanes) is 1. The average molecular weight is 1230 g/mol. The molecule has 19 nitrogen and oxygen atoms in total. The number of aliphatic hydroxyl groups is 2. The van der Waals surface area contributed by atoms with Gasteiger partial charge in [-0.2, -0.15) is 0 Å². The zero-order chi connectivity index (χ0) is 65.8. The molecule has 0 saturated carbocycles. The molecule has 3 aromatic carbocycles. The maximum atomic E-state index is 14.8. The van der Waals surface area contributed by atoms with E-state index in [1.807, 2.05) is 50.2 Å². The van der Waals surface area contributed by atoms with Crippen LogP contribution in [0.3, 0.4) is 0 Å². The molecule has 0 aliphatic heterocycles. The SMILES string of the molecule is CCC(=O)C(CCCCN)CC(=O)CCC(=O)C(CCCN=C(N)N)CC(=O)C(CO)CC(=O)CCC(=O)CCC(=O)C(CC(=O)C(CC(=O)C(CC(=O)C(NC(=O)CCCC(C)C)C(C)O)Cc1ccccc1)Cc1ccccc1)Cc1ccc(O)cc1. The summed E-state index contributed by atoms with van der Waals surface area (Å²) < 4.78 is 0. The van der Waals surface area contributed by atoms with Crippen molar-refractivity contribution < 1.29 is 68.1 Å². The van der Waals surface area contributed by atoms with Crippen molar-refractivity contribution in [3.05, 3.63) is 102 Å². The summed E-state index contributed by atoms with van der Waals surface area (Å²) in [6, 6.07) is 23.0. The molecule has 8 atom stereocenters. The normalized spacial score (nSPS) is 14.0. The predicted molar refractivity (Wildman–Crippen MR) is 341 cm³/mol. The molecule has 3 rings (SSSR count). The number of phenolic OH excluding ortho intramolecular Hbond substituents is 1. The van der Waals surface area contributed by atoms with Crippen molar-refractivity contribution in [1.29, 1.82) is 0 Å². The molecule has 0 heterocycles. The van der Waals surface area contributed by atoms with Gasteiger partial charge < -0.3 is 37.8 Å². The molecule has 8 unspecified atom stereocenters. The molecule has 488 valence electrons. The molecule has 0 radical (unpaired) electrons. The Kier molecular flexibility index (Phi) is 35.8. The molecule has 1 amide bonds. The lowest BCUT2D eigenvalue weighted by atomic mass is 9.79. The summed E-state index contributed by atoms with van der Waals surface area (Å²) in [6.07, 6.45) is 0.131. The van der Waals surface area contributed by atoms with Gasteiger partial charge in [-0.15, -0.1) is 0 Å². The van der Waals surface area contributed by atoms with E-state index in [4.69, 9.17) is 17.2 Å². The standard InChI is InChI=1S/C70H99N5O14/c1-5-61(82)51(21-12-13-34-71)39-60(81)31-33-62(83)52(22-15-35-74-70(72)73)41-66(87)56(45-76)40-59(80)29-28-58(79)30-32-63(84)53(38-50-24-26-57(78)27-25-50)42-64(85)54(36-48-17-8-6-9-18-48)43-65(86)55(37-49-19-10-7-11-20-49)44-67(88)69(47(4)77)75-68(89)23-14-16-46(2)3/h6-11,17-20,24-27,46-47,51-56,69,76-78H,5,12-16,21-23,28-45,71H2,1-4H3,(H,75,89)(H4,72,73,74). The van der Waals surface area contributed by atoms with E-state index >= 15 is 0 Å². The molecule has 10 N–H and O–H groups in total. The minimum atomic E-state index is -1.27. The van der Waals surface area contributed by atoms with Crippen LogP contribution in [-0.4, -0.2) is 117 Å². The van der Waals surface area contributed by atoms with Crippen molar-refractivity contribution in [3.8, 4) is 5.75 Å². The number of guanidine groups is 1. The quantitative estimate of drug-likeness (QED) is 0.0161. The first-order chi connectivity index (χ1) is 42.4. The van der Waals surface area contributed by atoms with Gasteiger partial charge in [0.1, 0.15) is 63.8 Å². The number of carbonyl (C=O) groups is 11. The number of aliphatic hydroxyl groups excluding tert-OH is 2. The molecule has 0 aliphatic rings. The number of hydrogen-bond acceptors (Lipinski definition) is 16. The van der Waals surface area contributed by atoms with Gasteiger partial charge in [-0.3, -0.25) is 57.7 Å². The number of hydrogen-bond donors (Lipinski definition) is 7. The third-order valence-corrected chi connectivity index (χ3v) is 16.4. The minimum absolute atomic E-state index is 0.00229. The Bertz CT molecular complexity index is 2780. The van der Waals surface area contributed by atoms with E-state index in [-0.39, 0.29) is 145 Å². The van der Waals surface area contributed by atoms with Crippen LogP contribution in [0.2, 0.25) is 0 Å². The zero-order valence-electron chi connectivity index (χ0n) is 52.9. The number of nitrogens with two attached hydrogens (primary N) is 3. The van der Waals surface area contributed by atoms with Gasteiger partial charge >= 0.3 is 0 Å². The van der Waals surface area contributed by atoms with Gasteiger partial charge in [0.2, 0.25) is 5.91 Å². The number of Topliss-reactive ketones (excluding diaryl/α,β-unsaturated/α-hetero) is 10. The van der Waals surface area contributed by atoms with Crippen molar-refractivity contribution >= 4 is 69.7 Å². The number of phenols is 1. The Morgan fingerprint density at radius 2 is 0.910 bits per heavy atom. The molecule has 0 saturated heterocycles. The highest BCUT2D eigenvalue weighted by molar-refractivity contribution is 5.98. The van der Waals surface area contributed by atoms with Crippen LogP contribution in [0.25, 0.3) is 0 Å².